The van der Waals surface area contributed by atoms with Gasteiger partial charge in [-0.3, -0.25) is 19.3 Å². The van der Waals surface area contributed by atoms with Crippen molar-refractivity contribution >= 4 is 30.3 Å². The maximum atomic E-state index is 11.7. The number of carboxylic acids is 1. The fraction of sp³-hybridized carbons (Fsp3) is 0.718. The first-order valence-corrected chi connectivity index (χ1v) is 17.0. The van der Waals surface area contributed by atoms with E-state index < -0.39 is 29.3 Å². The number of amides is 1. The number of likely N-dealkylation sites (N-methyl/N-ethyl adjacent to an activating group) is 2. The van der Waals surface area contributed by atoms with Gasteiger partial charge in [0.15, 0.2) is 0 Å². The summed E-state index contributed by atoms with van der Waals surface area (Å²) in [4.78, 5) is 57.0. The molecule has 0 spiro atoms. The van der Waals surface area contributed by atoms with E-state index >= 15 is 0 Å². The van der Waals surface area contributed by atoms with Crippen molar-refractivity contribution in [3.8, 4) is 0 Å². The first kappa shape index (κ1) is 57.8. The molecule has 13 heteroatoms. The number of esters is 2. The maximum Gasteiger partial charge on any atom is 0.407 e. The van der Waals surface area contributed by atoms with Crippen LogP contribution >= 0.6 is 0 Å². The number of nitrogens with zero attached hydrogens (tertiary/aromatic N) is 1. The summed E-state index contributed by atoms with van der Waals surface area (Å²) >= 11 is 0. The number of aliphatic carboxylic acids is 1. The van der Waals surface area contributed by atoms with Crippen LogP contribution in [-0.2, 0) is 40.0 Å². The summed E-state index contributed by atoms with van der Waals surface area (Å²) in [5.74, 6) is -0.974. The highest BCUT2D eigenvalue weighted by atomic mass is 16.6. The lowest BCUT2D eigenvalue weighted by atomic mass is 10.0. The molecule has 2 atom stereocenters. The van der Waals surface area contributed by atoms with Crippen molar-refractivity contribution in [2.24, 2.45) is 11.8 Å². The molecule has 0 aliphatic carbocycles. The monoisotopic (exact) mass is 746 g/mol. The van der Waals surface area contributed by atoms with E-state index in [1.165, 1.54) is 0 Å². The lowest BCUT2D eigenvalue weighted by molar-refractivity contribution is -0.155. The highest BCUT2D eigenvalue weighted by Crippen LogP contribution is 2.11. The highest BCUT2D eigenvalue weighted by molar-refractivity contribution is 5.76. The summed E-state index contributed by atoms with van der Waals surface area (Å²) in [5, 5.41) is 21.8. The Bertz CT molecular complexity index is 1070. The number of aliphatic hydroxyl groups excluding tert-OH is 1. The second-order valence-corrected chi connectivity index (χ2v) is 14.0. The molecule has 1 rings (SSSR count). The van der Waals surface area contributed by atoms with Crippen molar-refractivity contribution < 1.29 is 48.4 Å². The number of alkyl carbamates (subject to hydrolysis) is 1. The third kappa shape index (κ3) is 33.6. The predicted octanol–water partition coefficient (Wildman–Crippen LogP) is 6.49. The highest BCUT2D eigenvalue weighted by Gasteiger charge is 2.25. The third-order valence-corrected chi connectivity index (χ3v) is 6.29. The fourth-order valence-electron chi connectivity index (χ4n) is 4.22. The quantitative estimate of drug-likeness (QED) is 0.0626. The second kappa shape index (κ2) is 32.1. The number of rotatable bonds is 16. The molecule has 1 amide bonds. The molecule has 0 fully saturated rings. The van der Waals surface area contributed by atoms with Crippen LogP contribution < -0.4 is 10.6 Å². The molecule has 306 valence electrons. The summed E-state index contributed by atoms with van der Waals surface area (Å²) in [6, 6.07) is 8.95. The van der Waals surface area contributed by atoms with Crippen LogP contribution in [0.1, 0.15) is 115 Å². The second-order valence-electron chi connectivity index (χ2n) is 14.0. The van der Waals surface area contributed by atoms with Crippen LogP contribution in [0.2, 0.25) is 0 Å². The van der Waals surface area contributed by atoms with E-state index in [2.05, 4.69) is 10.6 Å². The molecule has 13 nitrogen and oxygen atoms in total. The lowest BCUT2D eigenvalue weighted by Gasteiger charge is -2.27. The van der Waals surface area contributed by atoms with E-state index in [0.717, 1.165) is 19.0 Å². The maximum absolute atomic E-state index is 11.7. The van der Waals surface area contributed by atoms with Crippen LogP contribution in [0.15, 0.2) is 30.3 Å². The molecule has 0 unspecified atom stereocenters. The normalized spacial score (nSPS) is 11.6. The number of nitrogens with one attached hydrogen (secondary N) is 2. The molecule has 0 bridgehead atoms. The van der Waals surface area contributed by atoms with E-state index in [-0.39, 0.29) is 44.7 Å². The number of carbonyl (C=O) groups is 5. The van der Waals surface area contributed by atoms with E-state index in [9.17, 15) is 24.0 Å². The van der Waals surface area contributed by atoms with Crippen LogP contribution in [-0.4, -0.2) is 103 Å². The summed E-state index contributed by atoms with van der Waals surface area (Å²) in [7, 11) is 4.56. The Hall–Kier alpha value is -3.55. The van der Waals surface area contributed by atoms with Crippen LogP contribution in [0, 0.1) is 11.8 Å². The summed E-state index contributed by atoms with van der Waals surface area (Å²) in [5.41, 5.74) is 0.0833. The van der Waals surface area contributed by atoms with Crippen molar-refractivity contribution in [1.82, 2.24) is 15.5 Å². The van der Waals surface area contributed by atoms with Crippen LogP contribution in [0.4, 0.5) is 4.79 Å². The Balaban J connectivity index is -0.000000209. The van der Waals surface area contributed by atoms with E-state index in [0.29, 0.717) is 45.4 Å². The lowest BCUT2D eigenvalue weighted by Crippen LogP contribution is -2.43. The van der Waals surface area contributed by atoms with E-state index in [1.54, 1.807) is 39.8 Å². The van der Waals surface area contributed by atoms with Gasteiger partial charge in [-0.1, -0.05) is 72.9 Å². The van der Waals surface area contributed by atoms with Gasteiger partial charge in [-0.2, -0.15) is 0 Å². The predicted molar refractivity (Wildman–Crippen MR) is 209 cm³/mol. The number of carbonyl (C=O) groups excluding carboxylic acids is 4. The zero-order valence-corrected chi connectivity index (χ0v) is 32.8. The molecule has 0 saturated heterocycles. The molecule has 4 N–H and O–H groups in total. The van der Waals surface area contributed by atoms with Gasteiger partial charge in [-0.25, -0.2) is 4.79 Å². The fourth-order valence-corrected chi connectivity index (χ4v) is 4.22. The number of aldehydes is 1. The van der Waals surface area contributed by atoms with Gasteiger partial charge in [0.25, 0.3) is 0 Å². The first-order valence-electron chi connectivity index (χ1n) is 17.0. The van der Waals surface area contributed by atoms with Gasteiger partial charge >= 0.3 is 24.0 Å². The van der Waals surface area contributed by atoms with Crippen LogP contribution in [0.5, 0.6) is 0 Å². The molecular formula is C39H75N3O10. The largest absolute Gasteiger partial charge is 0.480 e. The zero-order valence-electron chi connectivity index (χ0n) is 32.8. The van der Waals surface area contributed by atoms with Crippen molar-refractivity contribution in [3.63, 3.8) is 0 Å². The minimum atomic E-state index is -0.817. The van der Waals surface area contributed by atoms with Crippen LogP contribution in [0.25, 0.3) is 0 Å². The number of carboxylic acid groups (broad SMARTS) is 1. The molecular weight excluding hydrogens is 670 g/mol. The Morgan fingerprint density at radius 1 is 0.865 bits per heavy atom. The molecule has 0 aliphatic rings. The number of aliphatic hydroxyl groups is 1. The average molecular weight is 746 g/mol. The number of hydrogen-bond acceptors (Lipinski definition) is 11. The van der Waals surface area contributed by atoms with Crippen molar-refractivity contribution in [3.05, 3.63) is 35.9 Å². The van der Waals surface area contributed by atoms with E-state index in [4.69, 9.17) is 24.4 Å². The molecule has 0 saturated carbocycles. The number of benzene rings is 1. The van der Waals surface area contributed by atoms with Gasteiger partial charge in [0.05, 0.1) is 0 Å². The molecule has 1 aromatic rings. The van der Waals surface area contributed by atoms with Gasteiger partial charge in [0.2, 0.25) is 0 Å². The van der Waals surface area contributed by atoms with Crippen molar-refractivity contribution in [2.75, 3.05) is 34.3 Å². The van der Waals surface area contributed by atoms with Gasteiger partial charge < -0.3 is 39.9 Å². The minimum absolute atomic E-state index is 0. The molecule has 52 heavy (non-hydrogen) atoms. The molecule has 0 heterocycles. The van der Waals surface area contributed by atoms with Gasteiger partial charge in [-0.05, 0) is 85.9 Å². The van der Waals surface area contributed by atoms with Crippen molar-refractivity contribution in [1.29, 1.82) is 0 Å². The average Bonchev–Trinajstić information content (AvgIpc) is 2.99. The Morgan fingerprint density at radius 2 is 1.38 bits per heavy atom. The van der Waals surface area contributed by atoms with Gasteiger partial charge in [-0.15, -0.1) is 0 Å². The number of hydrogen-bond donors (Lipinski definition) is 4. The molecule has 0 aliphatic heterocycles. The molecule has 0 aromatic heterocycles. The topological polar surface area (TPSA) is 181 Å². The zero-order chi connectivity index (χ0) is 39.5. The number of unbranched alkanes of at least 4 members (excludes halogenated alkanes) is 1. The Labute approximate surface area is 315 Å². The molecule has 0 radical (unpaired) electrons. The third-order valence-electron chi connectivity index (χ3n) is 6.29. The number of ether oxygens (including phenoxy) is 3. The smallest absolute Gasteiger partial charge is 0.407 e. The van der Waals surface area contributed by atoms with Crippen molar-refractivity contribution in [2.45, 2.75) is 140 Å². The van der Waals surface area contributed by atoms with Gasteiger partial charge in [0, 0.05) is 33.0 Å². The first-order chi connectivity index (χ1) is 23.1. The Morgan fingerprint density at radius 3 is 1.79 bits per heavy atom. The van der Waals surface area contributed by atoms with Crippen LogP contribution in [0.3, 0.4) is 0 Å². The van der Waals surface area contributed by atoms with E-state index in [1.807, 2.05) is 78.8 Å². The minimum Gasteiger partial charge on any atom is -0.480 e. The molecule has 1 aromatic carbocycles. The SMILES string of the molecule is C.C.CC(C)(C)OC(=O)CCCC=O.CC(C)[C@@H](C(=O)O)N(C)CCCNC(=O)OC(C)(C)C.CN[C@H](C(=O)OCc1ccccc1)C(C)C.CO. The summed E-state index contributed by atoms with van der Waals surface area (Å²) in [6.45, 7) is 20.0. The standard InChI is InChI=1S/C14H28N2O4.C13H19NO2.C9H16O3.CH4O.2CH4/c1-10(2)11(12(17)18)16(6)9-7-8-15-13(19)20-14(3,4)5;1-10(2)12(14-3)13(15)16-9-11-7-5-4-6-8-11;1-9(2,3)12-8(11)6-4-5-7-10;1-2;;/h10-11H,7-9H2,1-6H3,(H,15,19)(H,17,18);4-8,10,12,14H,9H2,1-3H3;7H,4-6H2,1-3H3;2H,1H3;2*1H4/t11-;12-;;;;/m00..../s1. The van der Waals surface area contributed by atoms with Gasteiger partial charge in [0.1, 0.15) is 36.2 Å². The summed E-state index contributed by atoms with van der Waals surface area (Å²) in [6.07, 6.45) is 2.38. The Kier molecular flexibility index (Phi) is 35.7. The summed E-state index contributed by atoms with van der Waals surface area (Å²) < 4.78 is 15.4.